The van der Waals surface area contributed by atoms with Gasteiger partial charge in [-0.25, -0.2) is 4.79 Å². The summed E-state index contributed by atoms with van der Waals surface area (Å²) in [6.45, 7) is 2.10. The Balaban J connectivity index is 1.43. The SMILES string of the molecule is CCC(=O)c1cc(NC(=O)Nc2ccc(OC)c(OC)c2)ccc1OCc1ccc(-c2ccccc2)cc1. The maximum absolute atomic E-state index is 12.7. The molecule has 2 amide bonds. The minimum Gasteiger partial charge on any atom is -0.493 e. The van der Waals surface area contributed by atoms with Crippen molar-refractivity contribution < 1.29 is 23.8 Å². The van der Waals surface area contributed by atoms with Gasteiger partial charge in [0.1, 0.15) is 12.4 Å². The second-order valence-corrected chi connectivity index (χ2v) is 8.49. The fourth-order valence-corrected chi connectivity index (χ4v) is 3.93. The first-order valence-electron chi connectivity index (χ1n) is 12.2. The third-order valence-electron chi connectivity index (χ3n) is 5.96. The lowest BCUT2D eigenvalue weighted by molar-refractivity contribution is 0.0983. The van der Waals surface area contributed by atoms with Crippen LogP contribution < -0.4 is 24.8 Å². The number of carbonyl (C=O) groups excluding carboxylic acids is 2. The lowest BCUT2D eigenvalue weighted by Gasteiger charge is -2.14. The molecule has 4 aromatic rings. The number of methoxy groups -OCH3 is 2. The minimum atomic E-state index is -0.459. The van der Waals surface area contributed by atoms with E-state index in [-0.39, 0.29) is 5.78 Å². The van der Waals surface area contributed by atoms with E-state index in [1.807, 2.05) is 30.3 Å². The summed E-state index contributed by atoms with van der Waals surface area (Å²) in [5, 5.41) is 5.52. The van der Waals surface area contributed by atoms with Crippen LogP contribution in [0.4, 0.5) is 16.2 Å². The van der Waals surface area contributed by atoms with Crippen LogP contribution in [-0.4, -0.2) is 26.0 Å². The van der Waals surface area contributed by atoms with Crippen molar-refractivity contribution in [2.75, 3.05) is 24.9 Å². The molecule has 0 radical (unpaired) electrons. The Hall–Kier alpha value is -4.78. The molecule has 4 rings (SSSR count). The number of hydrogen-bond donors (Lipinski definition) is 2. The number of ether oxygens (including phenoxy) is 3. The van der Waals surface area contributed by atoms with Gasteiger partial charge in [-0.1, -0.05) is 61.5 Å². The van der Waals surface area contributed by atoms with Gasteiger partial charge < -0.3 is 24.8 Å². The van der Waals surface area contributed by atoms with Gasteiger partial charge in [-0.15, -0.1) is 0 Å². The fraction of sp³-hybridized carbons (Fsp3) is 0.161. The van der Waals surface area contributed by atoms with Gasteiger partial charge in [0.25, 0.3) is 0 Å². The van der Waals surface area contributed by atoms with Crippen LogP contribution in [0.1, 0.15) is 29.3 Å². The third kappa shape index (κ3) is 6.50. The van der Waals surface area contributed by atoms with Crippen LogP contribution >= 0.6 is 0 Å². The molecule has 0 unspecified atom stereocenters. The number of carbonyl (C=O) groups is 2. The molecule has 0 spiro atoms. The summed E-state index contributed by atoms with van der Waals surface area (Å²) < 4.78 is 16.5. The van der Waals surface area contributed by atoms with E-state index in [9.17, 15) is 9.59 Å². The molecule has 0 heterocycles. The van der Waals surface area contributed by atoms with Crippen molar-refractivity contribution in [1.82, 2.24) is 0 Å². The van der Waals surface area contributed by atoms with Crippen molar-refractivity contribution in [2.45, 2.75) is 20.0 Å². The van der Waals surface area contributed by atoms with E-state index in [1.54, 1.807) is 50.4 Å². The quantitative estimate of drug-likeness (QED) is 0.221. The molecular weight excluding hydrogens is 480 g/mol. The van der Waals surface area contributed by atoms with Gasteiger partial charge in [0, 0.05) is 23.9 Å². The number of urea groups is 1. The summed E-state index contributed by atoms with van der Waals surface area (Å²) in [5.74, 6) is 1.44. The summed E-state index contributed by atoms with van der Waals surface area (Å²) in [4.78, 5) is 25.3. The smallest absolute Gasteiger partial charge is 0.323 e. The third-order valence-corrected chi connectivity index (χ3v) is 5.96. The summed E-state index contributed by atoms with van der Waals surface area (Å²) in [6, 6.07) is 27.9. The first-order chi connectivity index (χ1) is 18.5. The van der Waals surface area contributed by atoms with Crippen molar-refractivity contribution in [1.29, 1.82) is 0 Å². The van der Waals surface area contributed by atoms with E-state index < -0.39 is 6.03 Å². The van der Waals surface area contributed by atoms with Gasteiger partial charge in [-0.2, -0.15) is 0 Å². The van der Waals surface area contributed by atoms with Crippen LogP contribution in [0.5, 0.6) is 17.2 Å². The van der Waals surface area contributed by atoms with Crippen molar-refractivity contribution in [3.63, 3.8) is 0 Å². The monoisotopic (exact) mass is 510 g/mol. The van der Waals surface area contributed by atoms with E-state index in [2.05, 4.69) is 34.9 Å². The van der Waals surface area contributed by atoms with Gasteiger partial charge in [0.05, 0.1) is 19.8 Å². The molecule has 0 fully saturated rings. The van der Waals surface area contributed by atoms with Crippen molar-refractivity contribution in [3.05, 3.63) is 102 Å². The zero-order chi connectivity index (χ0) is 26.9. The fourth-order valence-electron chi connectivity index (χ4n) is 3.93. The molecule has 0 saturated carbocycles. The maximum atomic E-state index is 12.7. The Morgan fingerprint density at radius 3 is 1.92 bits per heavy atom. The highest BCUT2D eigenvalue weighted by Gasteiger charge is 2.14. The number of rotatable bonds is 10. The normalized spacial score (nSPS) is 10.4. The number of amides is 2. The minimum absolute atomic E-state index is 0.0802. The molecule has 0 aliphatic rings. The molecule has 0 aromatic heterocycles. The van der Waals surface area contributed by atoms with Crippen LogP contribution in [0, 0.1) is 0 Å². The Bertz CT molecular complexity index is 1400. The number of anilines is 2. The van der Waals surface area contributed by atoms with E-state index in [1.165, 1.54) is 7.11 Å². The Morgan fingerprint density at radius 2 is 1.29 bits per heavy atom. The molecule has 7 heteroatoms. The van der Waals surface area contributed by atoms with Gasteiger partial charge in [-0.3, -0.25) is 4.79 Å². The number of ketones is 1. The van der Waals surface area contributed by atoms with Gasteiger partial charge in [-0.05, 0) is 47.0 Å². The lowest BCUT2D eigenvalue weighted by atomic mass is 10.0. The van der Waals surface area contributed by atoms with E-state index in [0.29, 0.717) is 47.2 Å². The highest BCUT2D eigenvalue weighted by molar-refractivity contribution is 6.03. The summed E-state index contributed by atoms with van der Waals surface area (Å²) in [5.41, 5.74) is 4.67. The maximum Gasteiger partial charge on any atom is 0.323 e. The molecule has 194 valence electrons. The molecule has 2 N–H and O–H groups in total. The predicted octanol–water partition coefficient (Wildman–Crippen LogP) is 7.19. The van der Waals surface area contributed by atoms with Gasteiger partial charge in [0.15, 0.2) is 17.3 Å². The zero-order valence-electron chi connectivity index (χ0n) is 21.6. The second kappa shape index (κ2) is 12.5. The number of hydrogen-bond acceptors (Lipinski definition) is 5. The van der Waals surface area contributed by atoms with E-state index in [0.717, 1.165) is 16.7 Å². The van der Waals surface area contributed by atoms with Crippen LogP contribution in [0.2, 0.25) is 0 Å². The topological polar surface area (TPSA) is 85.9 Å². The molecule has 0 atom stereocenters. The summed E-state index contributed by atoms with van der Waals surface area (Å²) >= 11 is 0. The van der Waals surface area contributed by atoms with Crippen LogP contribution in [0.15, 0.2) is 91.0 Å². The molecular formula is C31H30N2O5. The van der Waals surface area contributed by atoms with Crippen LogP contribution in [-0.2, 0) is 6.61 Å². The highest BCUT2D eigenvalue weighted by atomic mass is 16.5. The standard InChI is InChI=1S/C31H30N2O5/c1-4-27(34)26-18-24(32-31(35)33-25-15-17-29(36-2)30(19-25)37-3)14-16-28(26)38-20-21-10-12-23(13-11-21)22-8-6-5-7-9-22/h5-19H,4,20H2,1-3H3,(H2,32,33,35). The van der Waals surface area contributed by atoms with E-state index >= 15 is 0 Å². The summed E-state index contributed by atoms with van der Waals surface area (Å²) in [7, 11) is 3.07. The largest absolute Gasteiger partial charge is 0.493 e. The number of nitrogens with one attached hydrogen (secondary N) is 2. The Morgan fingerprint density at radius 1 is 0.684 bits per heavy atom. The van der Waals surface area contributed by atoms with Crippen molar-refractivity contribution in [3.8, 4) is 28.4 Å². The second-order valence-electron chi connectivity index (χ2n) is 8.49. The molecule has 0 saturated heterocycles. The molecule has 0 aliphatic carbocycles. The van der Waals surface area contributed by atoms with E-state index in [4.69, 9.17) is 14.2 Å². The summed E-state index contributed by atoms with van der Waals surface area (Å²) in [6.07, 6.45) is 0.309. The molecule has 4 aromatic carbocycles. The highest BCUT2D eigenvalue weighted by Crippen LogP contribution is 2.30. The number of Topliss-reactive ketones (excluding diaryl/α,β-unsaturated/α-hetero) is 1. The average molecular weight is 511 g/mol. The zero-order valence-corrected chi connectivity index (χ0v) is 21.6. The first-order valence-corrected chi connectivity index (χ1v) is 12.2. The first kappa shape index (κ1) is 26.3. The number of benzene rings is 4. The van der Waals surface area contributed by atoms with Gasteiger partial charge >= 0.3 is 6.03 Å². The van der Waals surface area contributed by atoms with Crippen LogP contribution in [0.3, 0.4) is 0 Å². The van der Waals surface area contributed by atoms with Gasteiger partial charge in [0.2, 0.25) is 0 Å². The van der Waals surface area contributed by atoms with Crippen molar-refractivity contribution in [2.24, 2.45) is 0 Å². The Labute approximate surface area is 222 Å². The van der Waals surface area contributed by atoms with Crippen LogP contribution in [0.25, 0.3) is 11.1 Å². The average Bonchev–Trinajstić information content (AvgIpc) is 2.96. The van der Waals surface area contributed by atoms with Crippen molar-refractivity contribution >= 4 is 23.2 Å². The molecule has 0 bridgehead atoms. The molecule has 38 heavy (non-hydrogen) atoms. The lowest BCUT2D eigenvalue weighted by Crippen LogP contribution is -2.19. The molecule has 7 nitrogen and oxygen atoms in total. The predicted molar refractivity (Wildman–Crippen MR) is 149 cm³/mol. The Kier molecular flexibility index (Phi) is 8.61. The molecule has 0 aliphatic heterocycles.